The molecule has 0 aliphatic carbocycles. The number of carbonyl (C=O) groups excluding carboxylic acids is 2. The molecule has 5 heteroatoms. The second kappa shape index (κ2) is 9.08. The van der Waals surface area contributed by atoms with Crippen LogP contribution in [0.25, 0.3) is 0 Å². The van der Waals surface area contributed by atoms with Crippen molar-refractivity contribution in [3.8, 4) is 0 Å². The molecular formula is C18H25NO4. The summed E-state index contributed by atoms with van der Waals surface area (Å²) in [6.45, 7) is 5.39. The monoisotopic (exact) mass is 319 g/mol. The predicted molar refractivity (Wildman–Crippen MR) is 88.0 cm³/mol. The van der Waals surface area contributed by atoms with Gasteiger partial charge in [0, 0.05) is 12.8 Å². The lowest BCUT2D eigenvalue weighted by Crippen LogP contribution is -2.45. The van der Waals surface area contributed by atoms with Crippen LogP contribution in [0.4, 0.5) is 0 Å². The van der Waals surface area contributed by atoms with Gasteiger partial charge in [0.1, 0.15) is 0 Å². The van der Waals surface area contributed by atoms with Gasteiger partial charge in [-0.25, -0.2) is 0 Å². The maximum Gasteiger partial charge on any atom is 0.307 e. The molecule has 23 heavy (non-hydrogen) atoms. The summed E-state index contributed by atoms with van der Waals surface area (Å²) in [6, 6.07) is 8.60. The van der Waals surface area contributed by atoms with Crippen molar-refractivity contribution in [1.82, 2.24) is 5.32 Å². The highest BCUT2D eigenvalue weighted by atomic mass is 16.4. The van der Waals surface area contributed by atoms with E-state index in [0.29, 0.717) is 12.8 Å². The van der Waals surface area contributed by atoms with Crippen LogP contribution in [0.15, 0.2) is 30.3 Å². The van der Waals surface area contributed by atoms with Gasteiger partial charge in [-0.15, -0.1) is 0 Å². The van der Waals surface area contributed by atoms with Gasteiger partial charge in [0.25, 0.3) is 0 Å². The predicted octanol–water partition coefficient (Wildman–Crippen LogP) is 2.44. The summed E-state index contributed by atoms with van der Waals surface area (Å²) < 4.78 is 0. The molecule has 1 aromatic carbocycles. The van der Waals surface area contributed by atoms with Gasteiger partial charge in [0.05, 0.1) is 12.0 Å². The molecule has 0 saturated heterocycles. The molecule has 1 aromatic rings. The highest BCUT2D eigenvalue weighted by molar-refractivity contribution is 5.91. The molecule has 0 aromatic heterocycles. The number of hydrogen-bond donors (Lipinski definition) is 2. The number of carboxylic acid groups (broad SMARTS) is 1. The maximum absolute atomic E-state index is 12.5. The number of Topliss-reactive ketones (excluding diaryl/α,β-unsaturated/α-hetero) is 1. The first-order valence-corrected chi connectivity index (χ1v) is 7.93. The molecule has 0 aliphatic heterocycles. The molecule has 5 nitrogen and oxygen atoms in total. The molecule has 0 bridgehead atoms. The normalized spacial score (nSPS) is 13.4. The lowest BCUT2D eigenvalue weighted by atomic mass is 9.89. The molecule has 126 valence electrons. The maximum atomic E-state index is 12.5. The van der Waals surface area contributed by atoms with Gasteiger partial charge < -0.3 is 10.4 Å². The van der Waals surface area contributed by atoms with Gasteiger partial charge in [-0.2, -0.15) is 0 Å². The van der Waals surface area contributed by atoms with E-state index < -0.39 is 17.9 Å². The fourth-order valence-corrected chi connectivity index (χ4v) is 2.41. The van der Waals surface area contributed by atoms with Crippen molar-refractivity contribution in [2.75, 3.05) is 0 Å². The van der Waals surface area contributed by atoms with E-state index in [-0.39, 0.29) is 24.0 Å². The number of carboxylic acids is 1. The summed E-state index contributed by atoms with van der Waals surface area (Å²) >= 11 is 0. The van der Waals surface area contributed by atoms with Crippen molar-refractivity contribution in [2.45, 2.75) is 46.1 Å². The molecular weight excluding hydrogens is 294 g/mol. The first-order valence-electron chi connectivity index (χ1n) is 7.93. The number of rotatable bonds is 9. The Balaban J connectivity index is 2.79. The minimum absolute atomic E-state index is 0.0795. The largest absolute Gasteiger partial charge is 0.481 e. The zero-order valence-corrected chi connectivity index (χ0v) is 13.9. The average molecular weight is 319 g/mol. The van der Waals surface area contributed by atoms with E-state index in [9.17, 15) is 19.5 Å². The zero-order chi connectivity index (χ0) is 17.4. The minimum atomic E-state index is -0.994. The van der Waals surface area contributed by atoms with Crippen LogP contribution in [0.2, 0.25) is 0 Å². The number of benzene rings is 1. The molecule has 2 atom stereocenters. The SMILES string of the molecule is CCC(=O)N[C@@H](C(=O)C[C@@H](Cc1ccccc1)C(=O)O)C(C)C. The van der Waals surface area contributed by atoms with E-state index in [1.54, 1.807) is 6.92 Å². The highest BCUT2D eigenvalue weighted by Crippen LogP contribution is 2.16. The molecule has 1 rings (SSSR count). The second-order valence-corrected chi connectivity index (χ2v) is 6.04. The lowest BCUT2D eigenvalue weighted by molar-refractivity contribution is -0.144. The van der Waals surface area contributed by atoms with E-state index in [1.165, 1.54) is 0 Å². The van der Waals surface area contributed by atoms with E-state index in [0.717, 1.165) is 5.56 Å². The smallest absolute Gasteiger partial charge is 0.307 e. The van der Waals surface area contributed by atoms with Crippen LogP contribution in [0.5, 0.6) is 0 Å². The summed E-state index contributed by atoms with van der Waals surface area (Å²) in [5.74, 6) is -2.29. The summed E-state index contributed by atoms with van der Waals surface area (Å²) in [7, 11) is 0. The number of aliphatic carboxylic acids is 1. The Morgan fingerprint density at radius 2 is 1.74 bits per heavy atom. The number of hydrogen-bond acceptors (Lipinski definition) is 3. The van der Waals surface area contributed by atoms with Gasteiger partial charge in [0.2, 0.25) is 5.91 Å². The van der Waals surface area contributed by atoms with Crippen LogP contribution in [-0.4, -0.2) is 28.8 Å². The third kappa shape index (κ3) is 6.22. The summed E-state index contributed by atoms with van der Waals surface area (Å²) in [6.07, 6.45) is 0.508. The van der Waals surface area contributed by atoms with Crippen LogP contribution in [-0.2, 0) is 20.8 Å². The average Bonchev–Trinajstić information content (AvgIpc) is 2.52. The number of ketones is 1. The van der Waals surface area contributed by atoms with Gasteiger partial charge in [-0.1, -0.05) is 51.1 Å². The van der Waals surface area contributed by atoms with Crippen molar-refractivity contribution in [1.29, 1.82) is 0 Å². The van der Waals surface area contributed by atoms with Gasteiger partial charge in [0.15, 0.2) is 5.78 Å². The molecule has 0 saturated carbocycles. The Morgan fingerprint density at radius 1 is 1.13 bits per heavy atom. The Bertz CT molecular complexity index is 539. The Kier molecular flexibility index (Phi) is 7.45. The molecule has 0 spiro atoms. The van der Waals surface area contributed by atoms with Crippen molar-refractivity contribution >= 4 is 17.7 Å². The molecule has 0 heterocycles. The van der Waals surface area contributed by atoms with Crippen LogP contribution < -0.4 is 5.32 Å². The molecule has 1 amide bonds. The van der Waals surface area contributed by atoms with Gasteiger partial charge >= 0.3 is 5.97 Å². The molecule has 2 N–H and O–H groups in total. The topological polar surface area (TPSA) is 83.5 Å². The summed E-state index contributed by atoms with van der Waals surface area (Å²) in [5.41, 5.74) is 0.881. The molecule has 0 fully saturated rings. The van der Waals surface area contributed by atoms with Crippen molar-refractivity contribution in [3.05, 3.63) is 35.9 Å². The Labute approximate surface area is 137 Å². The van der Waals surface area contributed by atoms with E-state index in [2.05, 4.69) is 5.32 Å². The molecule has 0 aliphatic rings. The van der Waals surface area contributed by atoms with Gasteiger partial charge in [-0.05, 0) is 17.9 Å². The molecule has 0 unspecified atom stereocenters. The second-order valence-electron chi connectivity index (χ2n) is 6.04. The fraction of sp³-hybridized carbons (Fsp3) is 0.500. The minimum Gasteiger partial charge on any atom is -0.481 e. The van der Waals surface area contributed by atoms with Crippen molar-refractivity contribution in [3.63, 3.8) is 0 Å². The van der Waals surface area contributed by atoms with Crippen LogP contribution >= 0.6 is 0 Å². The quantitative estimate of drug-likeness (QED) is 0.732. The Hall–Kier alpha value is -2.17. The number of carbonyl (C=O) groups is 3. The van der Waals surface area contributed by atoms with E-state index >= 15 is 0 Å². The Morgan fingerprint density at radius 3 is 2.22 bits per heavy atom. The number of nitrogens with one attached hydrogen (secondary N) is 1. The standard InChI is InChI=1S/C18H25NO4/c1-4-16(21)19-17(12(2)3)15(20)11-14(18(22)23)10-13-8-6-5-7-9-13/h5-9,12,14,17H,4,10-11H2,1-3H3,(H,19,21)(H,22,23)/t14-,17-/m1/s1. The first kappa shape index (κ1) is 18.9. The van der Waals surface area contributed by atoms with Crippen LogP contribution in [0, 0.1) is 11.8 Å². The van der Waals surface area contributed by atoms with Crippen LogP contribution in [0.3, 0.4) is 0 Å². The van der Waals surface area contributed by atoms with E-state index in [1.807, 2.05) is 44.2 Å². The summed E-state index contributed by atoms with van der Waals surface area (Å²) in [4.78, 5) is 35.5. The number of amides is 1. The molecule has 0 radical (unpaired) electrons. The zero-order valence-electron chi connectivity index (χ0n) is 13.9. The highest BCUT2D eigenvalue weighted by Gasteiger charge is 2.29. The fourth-order valence-electron chi connectivity index (χ4n) is 2.41. The van der Waals surface area contributed by atoms with Crippen molar-refractivity contribution < 1.29 is 19.5 Å². The van der Waals surface area contributed by atoms with E-state index in [4.69, 9.17) is 0 Å². The summed E-state index contributed by atoms with van der Waals surface area (Å²) in [5, 5.41) is 12.1. The first-order chi connectivity index (χ1) is 10.8. The van der Waals surface area contributed by atoms with Crippen LogP contribution in [0.1, 0.15) is 39.2 Å². The van der Waals surface area contributed by atoms with Crippen molar-refractivity contribution in [2.24, 2.45) is 11.8 Å². The van der Waals surface area contributed by atoms with Gasteiger partial charge in [-0.3, -0.25) is 14.4 Å². The third-order valence-electron chi connectivity index (χ3n) is 3.77. The third-order valence-corrected chi connectivity index (χ3v) is 3.77. The lowest BCUT2D eigenvalue weighted by Gasteiger charge is -2.22.